The highest BCUT2D eigenvalue weighted by molar-refractivity contribution is 7.89. The van der Waals surface area contributed by atoms with Gasteiger partial charge in [-0.15, -0.1) is 0 Å². The number of nitrogens with one attached hydrogen (secondary N) is 1. The molecular weight excluding hydrogens is 268 g/mol. The number of unbranched alkanes of at least 4 members (excludes halogenated alkanes) is 1. The van der Waals surface area contributed by atoms with Crippen molar-refractivity contribution in [3.63, 3.8) is 0 Å². The Morgan fingerprint density at radius 2 is 2.11 bits per heavy atom. The average Bonchev–Trinajstić information content (AvgIpc) is 2.43. The fourth-order valence-electron chi connectivity index (χ4n) is 1.47. The third-order valence-corrected chi connectivity index (χ3v) is 3.95. The molecule has 0 atom stereocenters. The van der Waals surface area contributed by atoms with Gasteiger partial charge in [-0.3, -0.25) is 0 Å². The van der Waals surface area contributed by atoms with Crippen molar-refractivity contribution < 1.29 is 17.9 Å². The summed E-state index contributed by atoms with van der Waals surface area (Å²) < 4.78 is 30.9. The summed E-state index contributed by atoms with van der Waals surface area (Å²) in [7, 11) is -2.36. The van der Waals surface area contributed by atoms with Gasteiger partial charge < -0.3 is 10.5 Å². The molecule has 0 saturated heterocycles. The van der Waals surface area contributed by atoms with E-state index in [0.29, 0.717) is 19.5 Å². The summed E-state index contributed by atoms with van der Waals surface area (Å²) in [6, 6.07) is 5.72. The molecule has 0 radical (unpaired) electrons. The predicted octanol–water partition coefficient (Wildman–Crippen LogP) is 0.490. The summed E-state index contributed by atoms with van der Waals surface area (Å²) in [5.74, 6) is -0.569. The Kier molecular flexibility index (Phi) is 5.94. The van der Waals surface area contributed by atoms with Gasteiger partial charge in [0.15, 0.2) is 0 Å². The molecule has 106 valence electrons. The van der Waals surface area contributed by atoms with Crippen molar-refractivity contribution in [3.05, 3.63) is 29.8 Å². The molecule has 6 nitrogen and oxygen atoms in total. The van der Waals surface area contributed by atoms with Gasteiger partial charge in [0, 0.05) is 6.54 Å². The standard InChI is InChI=1S/C12H18N2O4S/c1-18-12(15)10-5-4-6-11(9-10)19(16,17)14-8-3-2-7-13/h4-6,9,14H,2-3,7-8,13H2,1H3. The number of hydrogen-bond acceptors (Lipinski definition) is 5. The molecule has 0 heterocycles. The fourth-order valence-corrected chi connectivity index (χ4v) is 2.59. The molecule has 0 saturated carbocycles. The number of carbonyl (C=O) groups is 1. The third kappa shape index (κ3) is 4.62. The molecule has 19 heavy (non-hydrogen) atoms. The molecule has 0 aliphatic heterocycles. The molecule has 0 aliphatic rings. The van der Waals surface area contributed by atoms with Crippen LogP contribution in [0.1, 0.15) is 23.2 Å². The van der Waals surface area contributed by atoms with Gasteiger partial charge in [-0.25, -0.2) is 17.9 Å². The monoisotopic (exact) mass is 286 g/mol. The summed E-state index contributed by atoms with van der Waals surface area (Å²) in [6.07, 6.45) is 1.43. The van der Waals surface area contributed by atoms with E-state index in [9.17, 15) is 13.2 Å². The molecule has 3 N–H and O–H groups in total. The minimum atomic E-state index is -3.60. The van der Waals surface area contributed by atoms with E-state index < -0.39 is 16.0 Å². The van der Waals surface area contributed by atoms with E-state index in [1.807, 2.05) is 0 Å². The Morgan fingerprint density at radius 3 is 2.74 bits per heavy atom. The molecule has 0 aromatic heterocycles. The fraction of sp³-hybridized carbons (Fsp3) is 0.417. The maximum absolute atomic E-state index is 12.0. The Hall–Kier alpha value is -1.44. The number of sulfonamides is 1. The van der Waals surface area contributed by atoms with Crippen molar-refractivity contribution >= 4 is 16.0 Å². The molecule has 0 fully saturated rings. The van der Waals surface area contributed by atoms with Crippen LogP contribution in [0.25, 0.3) is 0 Å². The highest BCUT2D eigenvalue weighted by Gasteiger charge is 2.15. The molecule has 1 rings (SSSR count). The lowest BCUT2D eigenvalue weighted by Gasteiger charge is -2.07. The normalized spacial score (nSPS) is 11.3. The minimum absolute atomic E-state index is 0.0446. The number of nitrogens with two attached hydrogens (primary N) is 1. The van der Waals surface area contributed by atoms with Crippen LogP contribution in [-0.2, 0) is 14.8 Å². The van der Waals surface area contributed by atoms with Crippen molar-refractivity contribution in [1.29, 1.82) is 0 Å². The molecule has 0 bridgehead atoms. The topological polar surface area (TPSA) is 98.5 Å². The van der Waals surface area contributed by atoms with Crippen LogP contribution in [0.5, 0.6) is 0 Å². The largest absolute Gasteiger partial charge is 0.465 e. The maximum Gasteiger partial charge on any atom is 0.337 e. The van der Waals surface area contributed by atoms with E-state index in [1.165, 1.54) is 31.4 Å². The Labute approximate surface area is 113 Å². The second kappa shape index (κ2) is 7.22. The zero-order valence-corrected chi connectivity index (χ0v) is 11.6. The van der Waals surface area contributed by atoms with Gasteiger partial charge in [-0.1, -0.05) is 6.07 Å². The van der Waals surface area contributed by atoms with Gasteiger partial charge in [0.25, 0.3) is 0 Å². The molecule has 0 spiro atoms. The average molecular weight is 286 g/mol. The lowest BCUT2D eigenvalue weighted by atomic mass is 10.2. The molecule has 7 heteroatoms. The zero-order valence-electron chi connectivity index (χ0n) is 10.8. The number of esters is 1. The SMILES string of the molecule is COC(=O)c1cccc(S(=O)(=O)NCCCCN)c1. The number of ether oxygens (including phenoxy) is 1. The predicted molar refractivity (Wildman–Crippen MR) is 71.3 cm³/mol. The maximum atomic E-state index is 12.0. The number of carbonyl (C=O) groups excluding carboxylic acids is 1. The highest BCUT2D eigenvalue weighted by Crippen LogP contribution is 2.12. The lowest BCUT2D eigenvalue weighted by molar-refractivity contribution is 0.0600. The molecule has 0 aliphatic carbocycles. The summed E-state index contributed by atoms with van der Waals surface area (Å²) in [6.45, 7) is 0.849. The molecule has 0 amide bonds. The number of rotatable bonds is 7. The lowest BCUT2D eigenvalue weighted by Crippen LogP contribution is -2.25. The second-order valence-electron chi connectivity index (χ2n) is 3.91. The van der Waals surface area contributed by atoms with Crippen LogP contribution >= 0.6 is 0 Å². The molecular formula is C12H18N2O4S. The smallest absolute Gasteiger partial charge is 0.337 e. The van der Waals surface area contributed by atoms with Crippen LogP contribution in [0.2, 0.25) is 0 Å². The highest BCUT2D eigenvalue weighted by atomic mass is 32.2. The first kappa shape index (κ1) is 15.6. The van der Waals surface area contributed by atoms with Crippen LogP contribution in [0.4, 0.5) is 0 Å². The van der Waals surface area contributed by atoms with E-state index in [4.69, 9.17) is 5.73 Å². The van der Waals surface area contributed by atoms with Gasteiger partial charge in [0.05, 0.1) is 17.6 Å². The Bertz CT molecular complexity index is 528. The first-order valence-corrected chi connectivity index (χ1v) is 7.37. The van der Waals surface area contributed by atoms with E-state index in [1.54, 1.807) is 0 Å². The molecule has 1 aromatic carbocycles. The van der Waals surface area contributed by atoms with Crippen LogP contribution in [0.3, 0.4) is 0 Å². The van der Waals surface area contributed by atoms with Gasteiger partial charge in [-0.05, 0) is 37.6 Å². The van der Waals surface area contributed by atoms with Crippen molar-refractivity contribution in [2.45, 2.75) is 17.7 Å². The third-order valence-electron chi connectivity index (χ3n) is 2.49. The van der Waals surface area contributed by atoms with Gasteiger partial charge in [0.1, 0.15) is 0 Å². The Morgan fingerprint density at radius 1 is 1.37 bits per heavy atom. The first-order chi connectivity index (χ1) is 9.01. The van der Waals surface area contributed by atoms with E-state index in [-0.39, 0.29) is 10.5 Å². The van der Waals surface area contributed by atoms with Crippen LogP contribution < -0.4 is 10.5 Å². The van der Waals surface area contributed by atoms with Gasteiger partial charge in [-0.2, -0.15) is 0 Å². The number of methoxy groups -OCH3 is 1. The van der Waals surface area contributed by atoms with Crippen molar-refractivity contribution in [3.8, 4) is 0 Å². The summed E-state index contributed by atoms with van der Waals surface area (Å²) in [4.78, 5) is 11.4. The number of benzene rings is 1. The summed E-state index contributed by atoms with van der Waals surface area (Å²) in [5.41, 5.74) is 5.53. The number of hydrogen-bond donors (Lipinski definition) is 2. The first-order valence-electron chi connectivity index (χ1n) is 5.89. The van der Waals surface area contributed by atoms with E-state index in [2.05, 4.69) is 9.46 Å². The van der Waals surface area contributed by atoms with Gasteiger partial charge >= 0.3 is 5.97 Å². The Balaban J connectivity index is 2.80. The van der Waals surface area contributed by atoms with Gasteiger partial charge in [0.2, 0.25) is 10.0 Å². The van der Waals surface area contributed by atoms with Crippen LogP contribution in [0, 0.1) is 0 Å². The molecule has 0 unspecified atom stereocenters. The van der Waals surface area contributed by atoms with Crippen molar-refractivity contribution in [2.24, 2.45) is 5.73 Å². The second-order valence-corrected chi connectivity index (χ2v) is 5.68. The molecule has 1 aromatic rings. The van der Waals surface area contributed by atoms with Crippen LogP contribution in [0.15, 0.2) is 29.2 Å². The van der Waals surface area contributed by atoms with Crippen molar-refractivity contribution in [1.82, 2.24) is 4.72 Å². The zero-order chi connectivity index (χ0) is 14.3. The quantitative estimate of drug-likeness (QED) is 0.561. The summed E-state index contributed by atoms with van der Waals surface area (Å²) in [5, 5.41) is 0. The van der Waals surface area contributed by atoms with E-state index >= 15 is 0 Å². The summed E-state index contributed by atoms with van der Waals surface area (Å²) >= 11 is 0. The van der Waals surface area contributed by atoms with Crippen LogP contribution in [-0.4, -0.2) is 34.6 Å². The van der Waals surface area contributed by atoms with Crippen molar-refractivity contribution in [2.75, 3.05) is 20.2 Å². The minimum Gasteiger partial charge on any atom is -0.465 e. The van der Waals surface area contributed by atoms with E-state index in [0.717, 1.165) is 6.42 Å².